The molecule has 5 heavy (non-hydrogen) atoms. The van der Waals surface area contributed by atoms with Gasteiger partial charge in [0.1, 0.15) is 0 Å². The second kappa shape index (κ2) is 3.28. The Hall–Kier alpha value is 1.08. The van der Waals surface area contributed by atoms with Gasteiger partial charge in [0, 0.05) is 10.7 Å². The van der Waals surface area contributed by atoms with E-state index < -0.39 is 9.05 Å². The first kappa shape index (κ1) is 6.08. The fourth-order valence-corrected chi connectivity index (χ4v) is 0. The number of hydrogen-bond acceptors (Lipinski definition) is 2. The van der Waals surface area contributed by atoms with Crippen LogP contribution >= 0.6 is 31.4 Å². The van der Waals surface area contributed by atoms with Gasteiger partial charge in [-0.1, -0.05) is 0 Å². The highest BCUT2D eigenvalue weighted by atomic mass is 35.8. The van der Waals surface area contributed by atoms with Crippen molar-refractivity contribution in [2.75, 3.05) is 0 Å². The second-order valence-corrected chi connectivity index (χ2v) is 4.58. The highest BCUT2D eigenvalue weighted by molar-refractivity contribution is 8.85. The largest absolute Gasteiger partial charge is 0.229 e. The molecule has 0 aromatic heterocycles. The van der Waals surface area contributed by atoms with Crippen LogP contribution < -0.4 is 0 Å². The van der Waals surface area contributed by atoms with E-state index in [1.165, 1.54) is 0 Å². The van der Waals surface area contributed by atoms with E-state index in [2.05, 4.69) is 0 Å². The van der Waals surface area contributed by atoms with E-state index in [9.17, 15) is 4.21 Å². The highest BCUT2D eigenvalue weighted by Crippen LogP contribution is 2.14. The first-order valence-corrected chi connectivity index (χ1v) is 4.78. The summed E-state index contributed by atoms with van der Waals surface area (Å²) < 4.78 is 9.52. The summed E-state index contributed by atoms with van der Waals surface area (Å²) in [5.41, 5.74) is 0. The molecule has 0 bridgehead atoms. The van der Waals surface area contributed by atoms with E-state index in [1.807, 2.05) is 0 Å². The lowest BCUT2D eigenvalue weighted by molar-refractivity contribution is 0.698. The first-order valence-electron chi connectivity index (χ1n) is 0.642. The van der Waals surface area contributed by atoms with Crippen LogP contribution in [0.3, 0.4) is 0 Å². The summed E-state index contributed by atoms with van der Waals surface area (Å²) in [6, 6.07) is 0. The smallest absolute Gasteiger partial charge is 0.191 e. The van der Waals surface area contributed by atoms with E-state index in [0.29, 0.717) is 10.0 Å². The Balaban J connectivity index is 2.85. The Morgan fingerprint density at radius 2 is 2.00 bits per heavy atom. The van der Waals surface area contributed by atoms with Gasteiger partial charge in [0.15, 0.2) is 9.05 Å². The van der Waals surface area contributed by atoms with Crippen LogP contribution in [0.2, 0.25) is 0 Å². The zero-order chi connectivity index (χ0) is 4.28. The maximum Gasteiger partial charge on any atom is 0.191 e. The summed E-state index contributed by atoms with van der Waals surface area (Å²) in [6.07, 6.45) is 0. The zero-order valence-electron chi connectivity index (χ0n) is 1.98. The van der Waals surface area contributed by atoms with Crippen molar-refractivity contribution in [3.63, 3.8) is 0 Å². The van der Waals surface area contributed by atoms with Crippen molar-refractivity contribution in [1.82, 2.24) is 0 Å². The average Bonchev–Trinajstić information content (AvgIpc) is 1.38. The Kier molecular flexibility index (Phi) is 3.98. The van der Waals surface area contributed by atoms with Crippen molar-refractivity contribution in [1.29, 1.82) is 0 Å². The summed E-state index contributed by atoms with van der Waals surface area (Å²) in [6.45, 7) is 0. The molecule has 0 rings (SSSR count). The van der Waals surface area contributed by atoms with E-state index in [4.69, 9.17) is 21.4 Å². The minimum atomic E-state index is -1.42. The Bertz CT molecular complexity index is 42.9. The van der Waals surface area contributed by atoms with Crippen molar-refractivity contribution in [2.45, 2.75) is 0 Å². The van der Waals surface area contributed by atoms with E-state index in [-0.39, 0.29) is 0 Å². The van der Waals surface area contributed by atoms with Crippen LogP contribution in [-0.4, -0.2) is 4.21 Å². The van der Waals surface area contributed by atoms with Crippen LogP contribution in [0.25, 0.3) is 0 Å². The Labute approximate surface area is 44.9 Å². The lowest BCUT2D eigenvalue weighted by Gasteiger charge is -1.66. The molecule has 1 atom stereocenters. The molecule has 0 radical (unpaired) electrons. The lowest BCUT2D eigenvalue weighted by Crippen LogP contribution is -1.49. The number of halogens is 2. The topological polar surface area (TPSA) is 17.1 Å². The van der Waals surface area contributed by atoms with Crippen LogP contribution in [-0.2, 0) is 9.05 Å². The molecule has 0 saturated carbocycles. The van der Waals surface area contributed by atoms with Crippen molar-refractivity contribution in [3.05, 3.63) is 0 Å². The summed E-state index contributed by atoms with van der Waals surface area (Å²) in [5, 5.41) is 0. The Morgan fingerprint density at radius 3 is 2.00 bits per heavy atom. The van der Waals surface area contributed by atoms with E-state index in [1.54, 1.807) is 0 Å². The summed E-state index contributed by atoms with van der Waals surface area (Å²) in [4.78, 5) is 0. The van der Waals surface area contributed by atoms with Crippen molar-refractivity contribution < 1.29 is 4.21 Å². The van der Waals surface area contributed by atoms with Crippen LogP contribution in [0, 0.1) is 0 Å². The minimum Gasteiger partial charge on any atom is -0.229 e. The van der Waals surface area contributed by atoms with Crippen molar-refractivity contribution >= 4 is 40.4 Å². The molecule has 1 nitrogen and oxygen atoms in total. The molecular weight excluding hydrogens is 151 g/mol. The molecule has 5 heteroatoms. The lowest BCUT2D eigenvalue weighted by atomic mass is 16.0. The average molecular weight is 151 g/mol. The normalized spacial score (nSPS) is 14.8. The molecule has 0 fully saturated rings. The van der Waals surface area contributed by atoms with Crippen molar-refractivity contribution in [2.24, 2.45) is 0 Å². The molecule has 0 aromatic rings. The molecule has 0 spiro atoms. The fraction of sp³-hybridized carbons (Fsp3) is 0. The third-order valence-corrected chi connectivity index (χ3v) is 2.62. The fourth-order valence-electron chi connectivity index (χ4n) is 0. The third kappa shape index (κ3) is 5.08. The molecule has 0 aliphatic rings. The standard InChI is InChI=1S/Cl2OS2/c1-4-5(2)3. The van der Waals surface area contributed by atoms with Gasteiger partial charge >= 0.3 is 0 Å². The maximum atomic E-state index is 9.52. The molecule has 0 aliphatic heterocycles. The van der Waals surface area contributed by atoms with Gasteiger partial charge < -0.3 is 0 Å². The van der Waals surface area contributed by atoms with Crippen LogP contribution in [0.1, 0.15) is 0 Å². The van der Waals surface area contributed by atoms with Gasteiger partial charge in [0.2, 0.25) is 0 Å². The molecule has 0 aliphatic carbocycles. The van der Waals surface area contributed by atoms with Gasteiger partial charge in [-0.05, 0) is 10.7 Å². The summed E-state index contributed by atoms with van der Waals surface area (Å²) in [7, 11) is 8.76. The molecule has 0 N–H and O–H groups in total. The van der Waals surface area contributed by atoms with E-state index in [0.717, 1.165) is 0 Å². The molecule has 32 valence electrons. The quantitative estimate of drug-likeness (QED) is 0.419. The van der Waals surface area contributed by atoms with Gasteiger partial charge in [0.05, 0.1) is 10.0 Å². The van der Waals surface area contributed by atoms with Crippen LogP contribution in [0.5, 0.6) is 0 Å². The third-order valence-electron chi connectivity index (χ3n) is 0.0495. The molecular formula is Cl2OS2. The highest BCUT2D eigenvalue weighted by Gasteiger charge is 1.82. The number of rotatable bonds is 1. The Morgan fingerprint density at radius 1 is 1.80 bits per heavy atom. The summed E-state index contributed by atoms with van der Waals surface area (Å²) in [5.74, 6) is 0. The SMILES string of the molecule is O=S(Cl)SCl. The van der Waals surface area contributed by atoms with Gasteiger partial charge in [-0.2, -0.15) is 0 Å². The molecule has 0 aromatic carbocycles. The molecule has 1 unspecified atom stereocenters. The molecule has 0 saturated heterocycles. The monoisotopic (exact) mass is 150 g/mol. The molecule has 0 heterocycles. The second-order valence-electron chi connectivity index (χ2n) is 0.257. The van der Waals surface area contributed by atoms with Gasteiger partial charge in [0.25, 0.3) is 0 Å². The van der Waals surface area contributed by atoms with E-state index >= 15 is 0 Å². The molecule has 0 amide bonds. The predicted molar refractivity (Wildman–Crippen MR) is 27.4 cm³/mol. The van der Waals surface area contributed by atoms with Gasteiger partial charge in [-0.3, -0.25) is 0 Å². The summed E-state index contributed by atoms with van der Waals surface area (Å²) >= 11 is 0. The van der Waals surface area contributed by atoms with Crippen molar-refractivity contribution in [3.8, 4) is 0 Å². The van der Waals surface area contributed by atoms with Gasteiger partial charge in [-0.15, -0.1) is 0 Å². The van der Waals surface area contributed by atoms with Gasteiger partial charge in [-0.25, -0.2) is 4.21 Å². The maximum absolute atomic E-state index is 9.52. The minimum absolute atomic E-state index is 0.590. The predicted octanol–water partition coefficient (Wildman–Crippen LogP) is 1.69. The van der Waals surface area contributed by atoms with Crippen LogP contribution in [0.15, 0.2) is 0 Å². The number of hydrogen-bond donors (Lipinski definition) is 0. The van der Waals surface area contributed by atoms with Crippen LogP contribution in [0.4, 0.5) is 0 Å². The zero-order valence-corrected chi connectivity index (χ0v) is 5.13. The first-order chi connectivity index (χ1) is 2.27.